The van der Waals surface area contributed by atoms with Crippen LogP contribution in [0.15, 0.2) is 10.8 Å². The van der Waals surface area contributed by atoms with Crippen molar-refractivity contribution in [1.82, 2.24) is 4.98 Å². The Kier molecular flexibility index (Phi) is 0.947. The van der Waals surface area contributed by atoms with Gasteiger partial charge in [-0.15, -0.1) is 0 Å². The lowest BCUT2D eigenvalue weighted by Gasteiger charge is -1.84. The average molecular weight is 159 g/mol. The highest BCUT2D eigenvalue weighted by Crippen LogP contribution is 2.22. The molecule has 0 aliphatic carbocycles. The molecule has 1 aromatic heterocycles. The Bertz CT molecular complexity index is 324. The van der Waals surface area contributed by atoms with E-state index in [0.29, 0.717) is 11.5 Å². The summed E-state index contributed by atoms with van der Waals surface area (Å²) in [5, 5.41) is 0. The van der Waals surface area contributed by atoms with Crippen LogP contribution in [-0.2, 0) is 21.3 Å². The van der Waals surface area contributed by atoms with E-state index >= 15 is 0 Å². The van der Waals surface area contributed by atoms with E-state index in [1.54, 1.807) is 0 Å². The molecule has 54 valence electrons. The van der Waals surface area contributed by atoms with Crippen molar-refractivity contribution in [2.24, 2.45) is 0 Å². The number of hydrogen-bond acceptors (Lipinski definition) is 4. The van der Waals surface area contributed by atoms with Crippen molar-refractivity contribution in [2.45, 2.75) is 11.5 Å². The third-order valence-corrected chi connectivity index (χ3v) is 2.85. The Morgan fingerprint density at radius 3 is 3.00 bits per heavy atom. The van der Waals surface area contributed by atoms with Gasteiger partial charge in [0.05, 0.1) is 11.4 Å². The number of rotatable bonds is 0. The van der Waals surface area contributed by atoms with E-state index < -0.39 is 9.84 Å². The molecule has 4 nitrogen and oxygen atoms in total. The molecule has 0 saturated heterocycles. The van der Waals surface area contributed by atoms with E-state index in [0.717, 1.165) is 0 Å². The maximum atomic E-state index is 10.8. The van der Waals surface area contributed by atoms with Crippen molar-refractivity contribution in [3.63, 3.8) is 0 Å². The normalized spacial score (nSPS) is 20.8. The first-order valence-corrected chi connectivity index (χ1v) is 4.61. The van der Waals surface area contributed by atoms with Crippen LogP contribution in [0.2, 0.25) is 0 Å². The quantitative estimate of drug-likeness (QED) is 0.538. The predicted octanol–water partition coefficient (Wildman–Crippen LogP) is 0.103. The summed E-state index contributed by atoms with van der Waals surface area (Å²) in [6.45, 7) is 0. The van der Waals surface area contributed by atoms with Crippen LogP contribution in [0.3, 0.4) is 0 Å². The largest absolute Gasteiger partial charge is 0.447 e. The lowest BCUT2D eigenvalue weighted by Crippen LogP contribution is -1.96. The van der Waals surface area contributed by atoms with E-state index in [1.165, 1.54) is 6.39 Å². The van der Waals surface area contributed by atoms with E-state index in [9.17, 15) is 8.42 Å². The number of hydrogen-bond donors (Lipinski definition) is 0. The van der Waals surface area contributed by atoms with Crippen molar-refractivity contribution in [1.29, 1.82) is 0 Å². The summed E-state index contributed by atoms with van der Waals surface area (Å²) in [5.41, 5.74) is 0.569. The summed E-state index contributed by atoms with van der Waals surface area (Å²) in [6, 6.07) is 0. The minimum Gasteiger partial charge on any atom is -0.447 e. The molecular formula is C5H5NO3S. The minimum atomic E-state index is -2.92. The molecule has 1 aliphatic rings. The molecule has 10 heavy (non-hydrogen) atoms. The third kappa shape index (κ3) is 0.740. The summed E-state index contributed by atoms with van der Waals surface area (Å²) in [7, 11) is -2.92. The van der Waals surface area contributed by atoms with Crippen LogP contribution in [-0.4, -0.2) is 13.4 Å². The Morgan fingerprint density at radius 1 is 1.50 bits per heavy atom. The lowest BCUT2D eigenvalue weighted by atomic mass is 10.4. The number of oxazole rings is 1. The van der Waals surface area contributed by atoms with Gasteiger partial charge in [-0.05, 0) is 0 Å². The van der Waals surface area contributed by atoms with Crippen molar-refractivity contribution in [3.8, 4) is 0 Å². The fourth-order valence-corrected chi connectivity index (χ4v) is 2.38. The van der Waals surface area contributed by atoms with Gasteiger partial charge in [0.1, 0.15) is 11.5 Å². The summed E-state index contributed by atoms with van der Waals surface area (Å²) in [5.74, 6) is 0.557. The molecule has 2 heterocycles. The van der Waals surface area contributed by atoms with Crippen molar-refractivity contribution < 1.29 is 12.8 Å². The molecule has 1 aliphatic heterocycles. The first-order valence-electron chi connectivity index (χ1n) is 2.79. The number of fused-ring (bicyclic) bond motifs is 1. The van der Waals surface area contributed by atoms with Crippen LogP contribution >= 0.6 is 0 Å². The first-order chi connectivity index (χ1) is 4.67. The summed E-state index contributed by atoms with van der Waals surface area (Å²) < 4.78 is 26.5. The number of aromatic nitrogens is 1. The second kappa shape index (κ2) is 1.60. The average Bonchev–Trinajstić information content (AvgIpc) is 2.20. The zero-order valence-corrected chi connectivity index (χ0v) is 5.89. The molecule has 0 spiro atoms. The van der Waals surface area contributed by atoms with Gasteiger partial charge in [-0.3, -0.25) is 0 Å². The third-order valence-electron chi connectivity index (χ3n) is 1.43. The Morgan fingerprint density at radius 2 is 2.30 bits per heavy atom. The first kappa shape index (κ1) is 5.91. The van der Waals surface area contributed by atoms with Gasteiger partial charge in [-0.2, -0.15) is 0 Å². The van der Waals surface area contributed by atoms with Crippen LogP contribution in [0.1, 0.15) is 11.5 Å². The van der Waals surface area contributed by atoms with Crippen LogP contribution < -0.4 is 0 Å². The molecule has 1 aromatic rings. The summed E-state index contributed by atoms with van der Waals surface area (Å²) in [4.78, 5) is 3.75. The van der Waals surface area contributed by atoms with Gasteiger partial charge < -0.3 is 4.42 Å². The molecule has 2 rings (SSSR count). The molecule has 0 unspecified atom stereocenters. The van der Waals surface area contributed by atoms with Crippen LogP contribution in [0.4, 0.5) is 0 Å². The van der Waals surface area contributed by atoms with Gasteiger partial charge in [0.25, 0.3) is 0 Å². The zero-order valence-electron chi connectivity index (χ0n) is 5.07. The monoisotopic (exact) mass is 159 g/mol. The molecule has 0 atom stereocenters. The van der Waals surface area contributed by atoms with E-state index in [1.807, 2.05) is 0 Å². The van der Waals surface area contributed by atoms with Gasteiger partial charge in [0.15, 0.2) is 16.2 Å². The Labute approximate surface area is 57.8 Å². The van der Waals surface area contributed by atoms with Crippen LogP contribution in [0.25, 0.3) is 0 Å². The molecule has 0 saturated carbocycles. The fraction of sp³-hybridized carbons (Fsp3) is 0.400. The maximum absolute atomic E-state index is 10.8. The predicted molar refractivity (Wildman–Crippen MR) is 32.8 cm³/mol. The highest BCUT2D eigenvalue weighted by Gasteiger charge is 2.28. The second-order valence-electron chi connectivity index (χ2n) is 2.25. The summed E-state index contributed by atoms with van der Waals surface area (Å²) >= 11 is 0. The minimum absolute atomic E-state index is 0.0162. The molecule has 0 aromatic carbocycles. The van der Waals surface area contributed by atoms with Gasteiger partial charge >= 0.3 is 0 Å². The van der Waals surface area contributed by atoms with Crippen LogP contribution in [0.5, 0.6) is 0 Å². The zero-order chi connectivity index (χ0) is 7.19. The topological polar surface area (TPSA) is 60.2 Å². The highest BCUT2D eigenvalue weighted by molar-refractivity contribution is 7.90. The van der Waals surface area contributed by atoms with Crippen molar-refractivity contribution in [2.75, 3.05) is 0 Å². The van der Waals surface area contributed by atoms with Gasteiger partial charge in [-0.25, -0.2) is 13.4 Å². The molecular weight excluding hydrogens is 154 g/mol. The van der Waals surface area contributed by atoms with Gasteiger partial charge in [0, 0.05) is 0 Å². The Hall–Kier alpha value is -0.840. The number of sulfone groups is 1. The molecule has 0 radical (unpaired) electrons. The highest BCUT2D eigenvalue weighted by atomic mass is 32.2. The molecule has 0 N–H and O–H groups in total. The SMILES string of the molecule is O=S1(=O)Cc2ncoc2C1. The fourth-order valence-electron chi connectivity index (χ4n) is 0.988. The molecule has 0 amide bonds. The van der Waals surface area contributed by atoms with E-state index in [-0.39, 0.29) is 11.5 Å². The smallest absolute Gasteiger partial charge is 0.181 e. The van der Waals surface area contributed by atoms with Crippen molar-refractivity contribution in [3.05, 3.63) is 17.8 Å². The van der Waals surface area contributed by atoms with Crippen molar-refractivity contribution >= 4 is 9.84 Å². The molecule has 5 heteroatoms. The van der Waals surface area contributed by atoms with Gasteiger partial charge in [-0.1, -0.05) is 0 Å². The second-order valence-corrected chi connectivity index (χ2v) is 4.32. The lowest BCUT2D eigenvalue weighted by molar-refractivity contribution is 0.518. The molecule has 0 bridgehead atoms. The molecule has 0 fully saturated rings. The summed E-state index contributed by atoms with van der Waals surface area (Å²) in [6.07, 6.45) is 1.28. The Balaban J connectivity index is 2.56. The van der Waals surface area contributed by atoms with E-state index in [4.69, 9.17) is 4.42 Å². The number of nitrogens with zero attached hydrogens (tertiary/aromatic N) is 1. The standard InChI is InChI=1S/C5H5NO3S/c7-10(8)1-4-5(2-10)9-3-6-4/h3H,1-2H2. The van der Waals surface area contributed by atoms with Crippen LogP contribution in [0, 0.1) is 0 Å². The van der Waals surface area contributed by atoms with E-state index in [2.05, 4.69) is 4.98 Å². The van der Waals surface area contributed by atoms with Gasteiger partial charge in [0.2, 0.25) is 0 Å². The maximum Gasteiger partial charge on any atom is 0.181 e.